The van der Waals surface area contributed by atoms with E-state index in [-0.39, 0.29) is 17.2 Å². The molecule has 2 aromatic rings. The predicted octanol–water partition coefficient (Wildman–Crippen LogP) is 1.90. The van der Waals surface area contributed by atoms with Gasteiger partial charge in [-0.2, -0.15) is 9.61 Å². The minimum Gasteiger partial charge on any atom is -0.469 e. The van der Waals surface area contributed by atoms with Crippen molar-refractivity contribution in [2.24, 2.45) is 5.41 Å². The summed E-state index contributed by atoms with van der Waals surface area (Å²) in [5, 5.41) is 9.99. The highest BCUT2D eigenvalue weighted by atomic mass is 16.5. The quantitative estimate of drug-likeness (QED) is 0.750. The first-order chi connectivity index (χ1) is 13.9. The molecular formula is C19H23N5O5. The minimum atomic E-state index is -0.602. The molecule has 29 heavy (non-hydrogen) atoms. The van der Waals surface area contributed by atoms with Gasteiger partial charge in [-0.15, -0.1) is 0 Å². The number of hydrogen-bond donors (Lipinski definition) is 2. The van der Waals surface area contributed by atoms with Gasteiger partial charge in [0.2, 0.25) is 0 Å². The molecule has 10 nitrogen and oxygen atoms in total. The molecule has 3 aliphatic rings. The molecule has 2 bridgehead atoms. The molecule has 0 aromatic carbocycles. The van der Waals surface area contributed by atoms with Crippen molar-refractivity contribution in [3.8, 4) is 0 Å². The van der Waals surface area contributed by atoms with Crippen molar-refractivity contribution in [3.05, 3.63) is 24.0 Å². The zero-order valence-corrected chi connectivity index (χ0v) is 16.4. The zero-order valence-electron chi connectivity index (χ0n) is 16.4. The number of nitrogens with one attached hydrogen (secondary N) is 2. The molecule has 10 heteroatoms. The van der Waals surface area contributed by atoms with Crippen LogP contribution >= 0.6 is 0 Å². The van der Waals surface area contributed by atoms with Crippen LogP contribution in [0.25, 0.3) is 5.65 Å². The summed E-state index contributed by atoms with van der Waals surface area (Å²) in [5.74, 6) is -0.442. The van der Waals surface area contributed by atoms with Gasteiger partial charge in [-0.3, -0.25) is 10.1 Å². The van der Waals surface area contributed by atoms with Gasteiger partial charge >= 0.3 is 18.0 Å². The Hall–Kier alpha value is -3.17. The standard InChI is InChI=1S/C19H23N5O5/c1-28-15(25)12-11-14(24-13(21-12)3-10-20-24)22-17(27)23-19-7-4-18(5-8-19,6-9-19)16(26)29-2/h3,10-11H,4-9H2,1-2H3,(H2,22,23,27). The van der Waals surface area contributed by atoms with Crippen LogP contribution in [0, 0.1) is 5.41 Å². The first-order valence-corrected chi connectivity index (χ1v) is 9.51. The zero-order chi connectivity index (χ0) is 20.6. The van der Waals surface area contributed by atoms with Crippen LogP contribution in [0.2, 0.25) is 0 Å². The number of carbonyl (C=O) groups is 3. The molecule has 0 spiro atoms. The van der Waals surface area contributed by atoms with Gasteiger partial charge < -0.3 is 14.8 Å². The molecule has 2 aromatic heterocycles. The molecule has 0 atom stereocenters. The Morgan fingerprint density at radius 1 is 1.07 bits per heavy atom. The minimum absolute atomic E-state index is 0.0761. The van der Waals surface area contributed by atoms with Crippen LogP contribution in [0.15, 0.2) is 18.3 Å². The fourth-order valence-electron chi connectivity index (χ4n) is 4.50. The van der Waals surface area contributed by atoms with Crippen LogP contribution in [0.1, 0.15) is 49.0 Å². The van der Waals surface area contributed by atoms with Crippen LogP contribution in [0.4, 0.5) is 10.6 Å². The van der Waals surface area contributed by atoms with E-state index in [2.05, 4.69) is 20.7 Å². The third kappa shape index (κ3) is 3.28. The number of anilines is 1. The molecule has 154 valence electrons. The van der Waals surface area contributed by atoms with Crippen molar-refractivity contribution >= 4 is 29.4 Å². The lowest BCUT2D eigenvalue weighted by atomic mass is 9.57. The van der Waals surface area contributed by atoms with E-state index in [4.69, 9.17) is 9.47 Å². The van der Waals surface area contributed by atoms with E-state index >= 15 is 0 Å². The van der Waals surface area contributed by atoms with Gasteiger partial charge in [0.05, 0.1) is 25.8 Å². The van der Waals surface area contributed by atoms with Crippen LogP contribution in [0.5, 0.6) is 0 Å². The van der Waals surface area contributed by atoms with Gasteiger partial charge in [0.15, 0.2) is 11.3 Å². The summed E-state index contributed by atoms with van der Waals surface area (Å²) in [7, 11) is 2.69. The molecule has 0 aliphatic heterocycles. The number of esters is 2. The van der Waals surface area contributed by atoms with Crippen molar-refractivity contribution in [1.29, 1.82) is 0 Å². The number of rotatable bonds is 4. The Bertz CT molecular complexity index is 960. The molecule has 2 heterocycles. The summed E-state index contributed by atoms with van der Waals surface area (Å²) >= 11 is 0. The van der Waals surface area contributed by atoms with E-state index < -0.39 is 17.4 Å². The van der Waals surface area contributed by atoms with Gasteiger partial charge in [-0.05, 0) is 38.5 Å². The summed E-state index contributed by atoms with van der Waals surface area (Å²) < 4.78 is 11.1. The van der Waals surface area contributed by atoms with Gasteiger partial charge in [-0.25, -0.2) is 14.6 Å². The second kappa shape index (κ2) is 7.02. The lowest BCUT2D eigenvalue weighted by Crippen LogP contribution is -2.59. The Balaban J connectivity index is 1.49. The normalized spacial score (nSPS) is 25.4. The maximum atomic E-state index is 12.8. The van der Waals surface area contributed by atoms with Crippen molar-refractivity contribution < 1.29 is 23.9 Å². The SMILES string of the molecule is COC(=O)c1cc(NC(=O)NC23CCC(C(=O)OC)(CC2)CC3)n2nccc2n1. The number of hydrogen-bond acceptors (Lipinski definition) is 7. The van der Waals surface area contributed by atoms with E-state index in [9.17, 15) is 14.4 Å². The number of amides is 2. The number of fused-ring (bicyclic) bond motifs is 4. The molecular weight excluding hydrogens is 378 g/mol. The Labute approximate surface area is 167 Å². The number of carbonyl (C=O) groups excluding carboxylic acids is 3. The molecule has 5 rings (SSSR count). The summed E-state index contributed by atoms with van der Waals surface area (Å²) in [4.78, 5) is 40.9. The number of ether oxygens (including phenoxy) is 2. The lowest BCUT2D eigenvalue weighted by Gasteiger charge is -2.51. The monoisotopic (exact) mass is 401 g/mol. The molecule has 0 radical (unpaired) electrons. The van der Waals surface area contributed by atoms with Crippen LogP contribution in [-0.2, 0) is 14.3 Å². The van der Waals surface area contributed by atoms with E-state index in [1.54, 1.807) is 6.07 Å². The molecule has 2 N–H and O–H groups in total. The Morgan fingerprint density at radius 3 is 2.38 bits per heavy atom. The van der Waals surface area contributed by atoms with Gasteiger partial charge in [0, 0.05) is 17.7 Å². The Morgan fingerprint density at radius 2 is 1.76 bits per heavy atom. The third-order valence-electron chi connectivity index (χ3n) is 6.24. The predicted molar refractivity (Wildman–Crippen MR) is 101 cm³/mol. The third-order valence-corrected chi connectivity index (χ3v) is 6.24. The molecule has 3 fully saturated rings. The molecule has 3 saturated carbocycles. The average molecular weight is 401 g/mol. The highest BCUT2D eigenvalue weighted by Gasteiger charge is 2.53. The number of urea groups is 1. The molecule has 2 amide bonds. The lowest BCUT2D eigenvalue weighted by molar-refractivity contribution is -0.160. The van der Waals surface area contributed by atoms with E-state index in [1.165, 1.54) is 31.0 Å². The fourth-order valence-corrected chi connectivity index (χ4v) is 4.50. The van der Waals surface area contributed by atoms with Crippen LogP contribution in [0.3, 0.4) is 0 Å². The highest BCUT2D eigenvalue weighted by Crippen LogP contribution is 2.52. The van der Waals surface area contributed by atoms with Gasteiger partial charge in [-0.1, -0.05) is 0 Å². The first-order valence-electron chi connectivity index (χ1n) is 9.51. The van der Waals surface area contributed by atoms with E-state index in [0.29, 0.717) is 30.7 Å². The maximum Gasteiger partial charge on any atom is 0.356 e. The Kier molecular flexibility index (Phi) is 4.64. The second-order valence-corrected chi connectivity index (χ2v) is 7.75. The number of aromatic nitrogens is 3. The van der Waals surface area contributed by atoms with Gasteiger partial charge in [0.1, 0.15) is 5.82 Å². The average Bonchev–Trinajstić information content (AvgIpc) is 3.22. The fraction of sp³-hybridized carbons (Fsp3) is 0.526. The smallest absolute Gasteiger partial charge is 0.356 e. The summed E-state index contributed by atoms with van der Waals surface area (Å²) in [5.41, 5.74) is -0.260. The van der Waals surface area contributed by atoms with E-state index in [0.717, 1.165) is 19.3 Å². The van der Waals surface area contributed by atoms with Crippen molar-refractivity contribution in [3.63, 3.8) is 0 Å². The summed E-state index contributed by atoms with van der Waals surface area (Å²) in [6, 6.07) is 2.66. The first kappa shape index (κ1) is 19.2. The largest absolute Gasteiger partial charge is 0.469 e. The molecule has 0 unspecified atom stereocenters. The molecule has 3 aliphatic carbocycles. The van der Waals surface area contributed by atoms with Gasteiger partial charge in [0.25, 0.3) is 0 Å². The van der Waals surface area contributed by atoms with E-state index in [1.807, 2.05) is 0 Å². The van der Waals surface area contributed by atoms with Crippen molar-refractivity contribution in [1.82, 2.24) is 19.9 Å². The van der Waals surface area contributed by atoms with Crippen LogP contribution < -0.4 is 10.6 Å². The summed E-state index contributed by atoms with van der Waals surface area (Å²) in [6.45, 7) is 0. The van der Waals surface area contributed by atoms with Crippen LogP contribution in [-0.4, -0.2) is 52.3 Å². The topological polar surface area (TPSA) is 124 Å². The highest BCUT2D eigenvalue weighted by molar-refractivity contribution is 5.93. The number of methoxy groups -OCH3 is 2. The van der Waals surface area contributed by atoms with Crippen molar-refractivity contribution in [2.75, 3.05) is 19.5 Å². The summed E-state index contributed by atoms with van der Waals surface area (Å²) in [6.07, 6.45) is 5.78. The second-order valence-electron chi connectivity index (χ2n) is 7.75. The number of nitrogens with zero attached hydrogens (tertiary/aromatic N) is 3. The van der Waals surface area contributed by atoms with Crippen molar-refractivity contribution in [2.45, 2.75) is 44.1 Å². The maximum absolute atomic E-state index is 12.8. The molecule has 0 saturated heterocycles.